The summed E-state index contributed by atoms with van der Waals surface area (Å²) in [5.41, 5.74) is 1.16. The van der Waals surface area contributed by atoms with E-state index in [2.05, 4.69) is 31.0 Å². The van der Waals surface area contributed by atoms with Crippen LogP contribution in [0.15, 0.2) is 18.2 Å². The summed E-state index contributed by atoms with van der Waals surface area (Å²) in [5.74, 6) is 0.700. The lowest BCUT2D eigenvalue weighted by Gasteiger charge is -2.41. The van der Waals surface area contributed by atoms with Crippen molar-refractivity contribution in [3.05, 3.63) is 33.8 Å². The maximum atomic E-state index is 6.30. The van der Waals surface area contributed by atoms with Crippen molar-refractivity contribution < 1.29 is 0 Å². The van der Waals surface area contributed by atoms with Gasteiger partial charge in [-0.1, -0.05) is 49.5 Å². The topological polar surface area (TPSA) is 15.3 Å². The normalized spacial score (nSPS) is 25.6. The van der Waals surface area contributed by atoms with Crippen molar-refractivity contribution in [1.29, 1.82) is 0 Å². The van der Waals surface area contributed by atoms with Gasteiger partial charge in [0.2, 0.25) is 0 Å². The molecule has 2 nitrogen and oxygen atoms in total. The molecule has 1 aliphatic rings. The first-order chi connectivity index (χ1) is 9.51. The van der Waals surface area contributed by atoms with Gasteiger partial charge in [0, 0.05) is 41.8 Å². The molecule has 0 amide bonds. The van der Waals surface area contributed by atoms with Crippen LogP contribution in [0, 0.1) is 5.92 Å². The lowest BCUT2D eigenvalue weighted by atomic mass is 9.95. The van der Waals surface area contributed by atoms with Crippen LogP contribution in [0.1, 0.15) is 32.8 Å². The second-order valence-electron chi connectivity index (χ2n) is 5.91. The molecule has 0 spiro atoms. The second kappa shape index (κ2) is 7.13. The van der Waals surface area contributed by atoms with Crippen molar-refractivity contribution in [3.63, 3.8) is 0 Å². The summed E-state index contributed by atoms with van der Waals surface area (Å²) in [6, 6.07) is 6.89. The molecule has 112 valence electrons. The number of hydrogen-bond donors (Lipinski definition) is 1. The fourth-order valence-electron chi connectivity index (χ4n) is 2.70. The smallest absolute Gasteiger partial charge is 0.0465 e. The molecule has 3 unspecified atom stereocenters. The Kier molecular flexibility index (Phi) is 5.74. The highest BCUT2D eigenvalue weighted by atomic mass is 35.5. The monoisotopic (exact) mass is 314 g/mol. The van der Waals surface area contributed by atoms with E-state index in [9.17, 15) is 0 Å². The number of benzene rings is 1. The van der Waals surface area contributed by atoms with Crippen LogP contribution in [0.3, 0.4) is 0 Å². The van der Waals surface area contributed by atoms with Gasteiger partial charge in [-0.25, -0.2) is 0 Å². The zero-order chi connectivity index (χ0) is 14.7. The first kappa shape index (κ1) is 16.1. The van der Waals surface area contributed by atoms with E-state index in [1.165, 1.54) is 6.42 Å². The number of halogens is 2. The zero-order valence-electron chi connectivity index (χ0n) is 12.5. The fourth-order valence-corrected chi connectivity index (χ4v) is 3.17. The van der Waals surface area contributed by atoms with Gasteiger partial charge in [0.25, 0.3) is 0 Å². The summed E-state index contributed by atoms with van der Waals surface area (Å²) in [6.07, 6.45) is 1.21. The highest BCUT2D eigenvalue weighted by Crippen LogP contribution is 2.24. The van der Waals surface area contributed by atoms with E-state index in [4.69, 9.17) is 23.2 Å². The molecule has 0 aromatic heterocycles. The molecule has 0 saturated carbocycles. The summed E-state index contributed by atoms with van der Waals surface area (Å²) in [7, 11) is 0. The average Bonchev–Trinajstić information content (AvgIpc) is 2.43. The maximum absolute atomic E-state index is 6.30. The molecule has 20 heavy (non-hydrogen) atoms. The third-order valence-corrected chi connectivity index (χ3v) is 5.04. The summed E-state index contributed by atoms with van der Waals surface area (Å²) in [6.45, 7) is 9.86. The van der Waals surface area contributed by atoms with E-state index in [-0.39, 0.29) is 0 Å². The molecule has 0 radical (unpaired) electrons. The van der Waals surface area contributed by atoms with Crippen molar-refractivity contribution in [2.24, 2.45) is 5.92 Å². The summed E-state index contributed by atoms with van der Waals surface area (Å²) in [4.78, 5) is 2.52. The molecule has 1 saturated heterocycles. The van der Waals surface area contributed by atoms with Crippen LogP contribution in [0.2, 0.25) is 10.0 Å². The first-order valence-electron chi connectivity index (χ1n) is 7.42. The minimum atomic E-state index is 0.530. The van der Waals surface area contributed by atoms with Gasteiger partial charge in [-0.15, -0.1) is 0 Å². The SMILES string of the molecule is CCC(C)C1CN(Cc2ccc(Cl)cc2Cl)C(C)CN1. The van der Waals surface area contributed by atoms with Crippen LogP contribution >= 0.6 is 23.2 Å². The molecule has 4 heteroatoms. The Balaban J connectivity index is 2.06. The Hall–Kier alpha value is -0.280. The average molecular weight is 315 g/mol. The summed E-state index contributed by atoms with van der Waals surface area (Å²) < 4.78 is 0. The van der Waals surface area contributed by atoms with Gasteiger partial charge < -0.3 is 5.32 Å². The Labute approximate surface area is 132 Å². The van der Waals surface area contributed by atoms with E-state index in [1.807, 2.05) is 18.2 Å². The molecule has 1 heterocycles. The molecule has 3 atom stereocenters. The molecule has 1 N–H and O–H groups in total. The van der Waals surface area contributed by atoms with Crippen LogP contribution in [-0.4, -0.2) is 30.1 Å². The number of hydrogen-bond acceptors (Lipinski definition) is 2. The number of nitrogens with zero attached hydrogens (tertiary/aromatic N) is 1. The maximum Gasteiger partial charge on any atom is 0.0465 e. The summed E-state index contributed by atoms with van der Waals surface area (Å²) >= 11 is 12.3. The minimum Gasteiger partial charge on any atom is -0.311 e. The van der Waals surface area contributed by atoms with Gasteiger partial charge in [-0.3, -0.25) is 4.90 Å². The van der Waals surface area contributed by atoms with Gasteiger partial charge in [0.15, 0.2) is 0 Å². The molecular formula is C16H24Cl2N2. The third kappa shape index (κ3) is 3.88. The first-order valence-corrected chi connectivity index (χ1v) is 8.18. The van der Waals surface area contributed by atoms with Gasteiger partial charge in [-0.05, 0) is 30.5 Å². The van der Waals surface area contributed by atoms with Crippen molar-refractivity contribution in [2.75, 3.05) is 13.1 Å². The van der Waals surface area contributed by atoms with E-state index in [1.54, 1.807) is 0 Å². The third-order valence-electron chi connectivity index (χ3n) is 4.45. The number of rotatable bonds is 4. The van der Waals surface area contributed by atoms with E-state index >= 15 is 0 Å². The van der Waals surface area contributed by atoms with Crippen molar-refractivity contribution >= 4 is 23.2 Å². The fraction of sp³-hybridized carbons (Fsp3) is 0.625. The van der Waals surface area contributed by atoms with Crippen molar-refractivity contribution in [3.8, 4) is 0 Å². The molecule has 0 bridgehead atoms. The van der Waals surface area contributed by atoms with Crippen molar-refractivity contribution in [2.45, 2.75) is 45.8 Å². The number of nitrogens with one attached hydrogen (secondary N) is 1. The Morgan fingerprint density at radius 3 is 2.80 bits per heavy atom. The molecule has 1 aromatic rings. The Morgan fingerprint density at radius 1 is 1.40 bits per heavy atom. The highest BCUT2D eigenvalue weighted by Gasteiger charge is 2.27. The van der Waals surface area contributed by atoms with Crippen LogP contribution in [-0.2, 0) is 6.54 Å². The molecule has 1 aromatic carbocycles. The quantitative estimate of drug-likeness (QED) is 0.896. The Morgan fingerprint density at radius 2 is 2.15 bits per heavy atom. The van der Waals surface area contributed by atoms with Gasteiger partial charge in [0.05, 0.1) is 0 Å². The van der Waals surface area contributed by atoms with Gasteiger partial charge in [-0.2, -0.15) is 0 Å². The lowest BCUT2D eigenvalue weighted by Crippen LogP contribution is -2.56. The van der Waals surface area contributed by atoms with Crippen molar-refractivity contribution in [1.82, 2.24) is 10.2 Å². The standard InChI is InChI=1S/C16H24Cl2N2/c1-4-11(2)16-10-20(12(3)8-19-16)9-13-5-6-14(17)7-15(13)18/h5-7,11-12,16,19H,4,8-10H2,1-3H3. The highest BCUT2D eigenvalue weighted by molar-refractivity contribution is 6.35. The molecule has 1 aliphatic heterocycles. The van der Waals surface area contributed by atoms with Gasteiger partial charge >= 0.3 is 0 Å². The second-order valence-corrected chi connectivity index (χ2v) is 6.76. The van der Waals surface area contributed by atoms with E-state index in [0.717, 1.165) is 30.2 Å². The minimum absolute atomic E-state index is 0.530. The predicted octanol–water partition coefficient (Wildman–Crippen LogP) is 4.20. The number of piperazine rings is 1. The van der Waals surface area contributed by atoms with Gasteiger partial charge in [0.1, 0.15) is 0 Å². The van der Waals surface area contributed by atoms with E-state index < -0.39 is 0 Å². The van der Waals surface area contributed by atoms with Crippen LogP contribution in [0.5, 0.6) is 0 Å². The Bertz CT molecular complexity index is 450. The predicted molar refractivity (Wildman–Crippen MR) is 87.6 cm³/mol. The lowest BCUT2D eigenvalue weighted by molar-refractivity contribution is 0.112. The van der Waals surface area contributed by atoms with E-state index in [0.29, 0.717) is 23.0 Å². The van der Waals surface area contributed by atoms with Crippen LogP contribution in [0.25, 0.3) is 0 Å². The van der Waals surface area contributed by atoms with Crippen LogP contribution < -0.4 is 5.32 Å². The zero-order valence-corrected chi connectivity index (χ0v) is 14.0. The molecular weight excluding hydrogens is 291 g/mol. The molecule has 1 fully saturated rings. The molecule has 0 aliphatic carbocycles. The van der Waals surface area contributed by atoms with Crippen LogP contribution in [0.4, 0.5) is 0 Å². The molecule has 2 rings (SSSR count). The summed E-state index contributed by atoms with van der Waals surface area (Å²) in [5, 5.41) is 5.13. The largest absolute Gasteiger partial charge is 0.311 e.